The maximum Gasteiger partial charge on any atom is 0.255 e. The van der Waals surface area contributed by atoms with Crippen molar-refractivity contribution < 1.29 is 13.9 Å². The predicted molar refractivity (Wildman–Crippen MR) is 129 cm³/mol. The fourth-order valence-corrected chi connectivity index (χ4v) is 4.64. The Morgan fingerprint density at radius 1 is 1.09 bits per heavy atom. The van der Waals surface area contributed by atoms with Crippen LogP contribution >= 0.6 is 11.6 Å². The van der Waals surface area contributed by atoms with Crippen molar-refractivity contribution in [3.05, 3.63) is 76.2 Å². The van der Waals surface area contributed by atoms with E-state index in [2.05, 4.69) is 11.8 Å². The lowest BCUT2D eigenvalue weighted by Crippen LogP contribution is -2.38. The molecule has 3 heterocycles. The van der Waals surface area contributed by atoms with E-state index in [0.29, 0.717) is 53.6 Å². The number of fused-ring (bicyclic) bond motifs is 1. The number of ether oxygens (including phenoxy) is 1. The van der Waals surface area contributed by atoms with E-state index in [4.69, 9.17) is 26.3 Å². The van der Waals surface area contributed by atoms with Crippen LogP contribution < -0.4 is 9.64 Å². The zero-order valence-corrected chi connectivity index (χ0v) is 19.8. The van der Waals surface area contributed by atoms with Gasteiger partial charge in [0.15, 0.2) is 0 Å². The van der Waals surface area contributed by atoms with Crippen molar-refractivity contribution in [2.24, 2.45) is 5.92 Å². The molecule has 176 valence electrons. The second kappa shape index (κ2) is 9.58. The van der Waals surface area contributed by atoms with Crippen LogP contribution in [-0.2, 0) is 13.0 Å². The normalized spacial score (nSPS) is 16.3. The minimum absolute atomic E-state index is 0.151. The third-order valence-corrected chi connectivity index (χ3v) is 6.81. The van der Waals surface area contributed by atoms with Crippen LogP contribution in [0, 0.1) is 11.7 Å². The number of aromatic nitrogens is 2. The van der Waals surface area contributed by atoms with Crippen LogP contribution in [0.25, 0.3) is 0 Å². The van der Waals surface area contributed by atoms with Crippen molar-refractivity contribution in [1.82, 2.24) is 14.9 Å². The second-order valence-corrected chi connectivity index (χ2v) is 9.35. The van der Waals surface area contributed by atoms with Crippen molar-refractivity contribution in [1.29, 1.82) is 0 Å². The monoisotopic (exact) mass is 480 g/mol. The van der Waals surface area contributed by atoms with Crippen LogP contribution in [0.4, 0.5) is 10.3 Å². The Morgan fingerprint density at radius 3 is 2.65 bits per heavy atom. The van der Waals surface area contributed by atoms with Gasteiger partial charge in [-0.15, -0.1) is 0 Å². The number of anilines is 1. The molecule has 1 saturated heterocycles. The van der Waals surface area contributed by atoms with Gasteiger partial charge in [-0.1, -0.05) is 36.7 Å². The van der Waals surface area contributed by atoms with Crippen LogP contribution in [0.2, 0.25) is 5.02 Å². The Kier molecular flexibility index (Phi) is 6.37. The first-order valence-electron chi connectivity index (χ1n) is 11.6. The lowest BCUT2D eigenvalue weighted by molar-refractivity contribution is 0.0732. The standard InChI is InChI=1S/C26H26ClFN4O2/c1-17-9-12-31(13-10-17)26-29-23-11-14-32(25(33)20-7-2-3-8-22(20)27)16-21(23)24(30-26)34-19-6-4-5-18(28)15-19/h2-8,15,17H,9-14,16H2,1H3. The van der Waals surface area contributed by atoms with Gasteiger partial charge in [-0.25, -0.2) is 9.37 Å². The SMILES string of the molecule is CC1CCN(c2nc3c(c(Oc4cccc(F)c4)n2)CN(C(=O)c2ccccc2Cl)CC3)CC1. The molecule has 0 spiro atoms. The number of rotatable bonds is 4. The van der Waals surface area contributed by atoms with E-state index in [1.807, 2.05) is 0 Å². The van der Waals surface area contributed by atoms with E-state index in [9.17, 15) is 9.18 Å². The molecule has 0 saturated carbocycles. The number of hydrogen-bond acceptors (Lipinski definition) is 5. The van der Waals surface area contributed by atoms with Crippen molar-refractivity contribution >= 4 is 23.5 Å². The average molecular weight is 481 g/mol. The zero-order valence-electron chi connectivity index (χ0n) is 19.0. The molecule has 0 atom stereocenters. The summed E-state index contributed by atoms with van der Waals surface area (Å²) < 4.78 is 19.9. The fourth-order valence-electron chi connectivity index (χ4n) is 4.43. The van der Waals surface area contributed by atoms with Gasteiger partial charge in [0.1, 0.15) is 11.6 Å². The Balaban J connectivity index is 1.49. The molecule has 0 N–H and O–H groups in total. The quantitative estimate of drug-likeness (QED) is 0.493. The number of halogens is 2. The van der Waals surface area contributed by atoms with E-state index in [1.54, 1.807) is 41.3 Å². The topological polar surface area (TPSA) is 58.6 Å². The molecule has 5 rings (SSSR count). The molecule has 0 radical (unpaired) electrons. The molecule has 6 nitrogen and oxygen atoms in total. The van der Waals surface area contributed by atoms with Gasteiger partial charge >= 0.3 is 0 Å². The van der Waals surface area contributed by atoms with Gasteiger partial charge in [0.25, 0.3) is 5.91 Å². The number of nitrogens with zero attached hydrogens (tertiary/aromatic N) is 4. The molecule has 1 amide bonds. The number of piperidine rings is 1. The number of carbonyl (C=O) groups is 1. The number of benzene rings is 2. The molecule has 1 aromatic heterocycles. The highest BCUT2D eigenvalue weighted by Crippen LogP contribution is 2.33. The van der Waals surface area contributed by atoms with Gasteiger partial charge in [0.05, 0.1) is 28.4 Å². The molecule has 3 aromatic rings. The molecular weight excluding hydrogens is 455 g/mol. The molecule has 1 fully saturated rings. The number of amides is 1. The molecule has 2 aliphatic heterocycles. The summed E-state index contributed by atoms with van der Waals surface area (Å²) in [5, 5.41) is 0.417. The van der Waals surface area contributed by atoms with Gasteiger partial charge in [-0.3, -0.25) is 4.79 Å². The maximum absolute atomic E-state index is 13.8. The summed E-state index contributed by atoms with van der Waals surface area (Å²) in [5.74, 6) is 1.49. The highest BCUT2D eigenvalue weighted by Gasteiger charge is 2.29. The molecule has 0 bridgehead atoms. The van der Waals surface area contributed by atoms with Crippen LogP contribution in [0.3, 0.4) is 0 Å². The summed E-state index contributed by atoms with van der Waals surface area (Å²) in [5.41, 5.74) is 2.06. The van der Waals surface area contributed by atoms with E-state index < -0.39 is 0 Å². The predicted octanol–water partition coefficient (Wildman–Crippen LogP) is 5.50. The summed E-state index contributed by atoms with van der Waals surface area (Å²) >= 11 is 6.27. The van der Waals surface area contributed by atoms with E-state index in [-0.39, 0.29) is 11.7 Å². The first kappa shape index (κ1) is 22.6. The van der Waals surface area contributed by atoms with Crippen LogP contribution in [-0.4, -0.2) is 40.4 Å². The summed E-state index contributed by atoms with van der Waals surface area (Å²) in [6, 6.07) is 13.0. The van der Waals surface area contributed by atoms with Gasteiger partial charge in [-0.2, -0.15) is 4.98 Å². The van der Waals surface area contributed by atoms with E-state index >= 15 is 0 Å². The lowest BCUT2D eigenvalue weighted by atomic mass is 9.99. The molecule has 0 aliphatic carbocycles. The number of carbonyl (C=O) groups excluding carboxylic acids is 1. The van der Waals surface area contributed by atoms with Crippen LogP contribution in [0.1, 0.15) is 41.4 Å². The van der Waals surface area contributed by atoms with Crippen LogP contribution in [0.5, 0.6) is 11.6 Å². The molecule has 0 unspecified atom stereocenters. The van der Waals surface area contributed by atoms with Crippen LogP contribution in [0.15, 0.2) is 48.5 Å². The van der Waals surface area contributed by atoms with E-state index in [0.717, 1.165) is 37.2 Å². The zero-order chi connectivity index (χ0) is 23.7. The average Bonchev–Trinajstić information content (AvgIpc) is 2.84. The smallest absolute Gasteiger partial charge is 0.255 e. The third kappa shape index (κ3) is 4.71. The van der Waals surface area contributed by atoms with Crippen molar-refractivity contribution in [3.63, 3.8) is 0 Å². The van der Waals surface area contributed by atoms with E-state index in [1.165, 1.54) is 12.1 Å². The first-order valence-corrected chi connectivity index (χ1v) is 12.0. The Bertz CT molecular complexity index is 1210. The third-order valence-electron chi connectivity index (χ3n) is 6.48. The molecular formula is C26H26ClFN4O2. The van der Waals surface area contributed by atoms with Crippen molar-refractivity contribution in [2.75, 3.05) is 24.5 Å². The van der Waals surface area contributed by atoms with Gasteiger partial charge in [0, 0.05) is 32.1 Å². The van der Waals surface area contributed by atoms with Crippen molar-refractivity contribution in [2.45, 2.75) is 32.7 Å². The number of hydrogen-bond donors (Lipinski definition) is 0. The minimum atomic E-state index is -0.388. The Morgan fingerprint density at radius 2 is 1.88 bits per heavy atom. The van der Waals surface area contributed by atoms with Gasteiger partial charge < -0.3 is 14.5 Å². The highest BCUT2D eigenvalue weighted by molar-refractivity contribution is 6.33. The lowest BCUT2D eigenvalue weighted by Gasteiger charge is -2.33. The minimum Gasteiger partial charge on any atom is -0.438 e. The summed E-state index contributed by atoms with van der Waals surface area (Å²) in [6.07, 6.45) is 2.74. The summed E-state index contributed by atoms with van der Waals surface area (Å²) in [6.45, 7) is 4.84. The molecule has 2 aliphatic rings. The summed E-state index contributed by atoms with van der Waals surface area (Å²) in [7, 11) is 0. The highest BCUT2D eigenvalue weighted by atomic mass is 35.5. The largest absolute Gasteiger partial charge is 0.438 e. The molecule has 34 heavy (non-hydrogen) atoms. The molecule has 8 heteroatoms. The Labute approximate surface area is 203 Å². The maximum atomic E-state index is 13.8. The second-order valence-electron chi connectivity index (χ2n) is 8.94. The first-order chi connectivity index (χ1) is 16.5. The van der Waals surface area contributed by atoms with Gasteiger partial charge in [0.2, 0.25) is 11.8 Å². The molecule has 2 aromatic carbocycles. The summed E-state index contributed by atoms with van der Waals surface area (Å²) in [4.78, 5) is 26.7. The van der Waals surface area contributed by atoms with Crippen molar-refractivity contribution in [3.8, 4) is 11.6 Å². The van der Waals surface area contributed by atoms with Gasteiger partial charge in [-0.05, 0) is 43.0 Å². The Hall–Kier alpha value is -3.19. The fraction of sp³-hybridized carbons (Fsp3) is 0.346.